The molecule has 0 saturated carbocycles. The molecular weight excluding hydrogens is 226 g/mol. The third kappa shape index (κ3) is 2.19. The molecule has 0 unspecified atom stereocenters. The van der Waals surface area contributed by atoms with Gasteiger partial charge >= 0.3 is 0 Å². The van der Waals surface area contributed by atoms with E-state index in [1.54, 1.807) is 6.20 Å². The molecule has 0 radical (unpaired) electrons. The highest BCUT2D eigenvalue weighted by molar-refractivity contribution is 6.28. The minimum Gasteiger partial charge on any atom is -0.243 e. The monoisotopic (exact) mass is 237 g/mol. The van der Waals surface area contributed by atoms with Crippen molar-refractivity contribution in [2.75, 3.05) is 0 Å². The highest BCUT2D eigenvalue weighted by Crippen LogP contribution is 2.18. The molecule has 0 atom stereocenters. The Bertz CT molecular complexity index is 473. The Morgan fingerprint density at radius 2 is 2.19 bits per heavy atom. The van der Waals surface area contributed by atoms with Crippen LogP contribution in [0.2, 0.25) is 5.28 Å². The van der Waals surface area contributed by atoms with Crippen LogP contribution >= 0.6 is 11.6 Å². The van der Waals surface area contributed by atoms with Crippen molar-refractivity contribution in [1.82, 2.24) is 25.0 Å². The van der Waals surface area contributed by atoms with Crippen LogP contribution in [0.5, 0.6) is 0 Å². The van der Waals surface area contributed by atoms with E-state index in [0.29, 0.717) is 0 Å². The Balaban J connectivity index is 2.45. The van der Waals surface area contributed by atoms with Gasteiger partial charge in [0.1, 0.15) is 5.69 Å². The Morgan fingerprint density at radius 1 is 1.38 bits per heavy atom. The second-order valence-corrected chi connectivity index (χ2v) is 3.84. The molecular formula is C10H12ClN5. The van der Waals surface area contributed by atoms with Gasteiger partial charge in [-0.15, -0.1) is 5.10 Å². The maximum absolute atomic E-state index is 5.82. The minimum absolute atomic E-state index is 0.249. The van der Waals surface area contributed by atoms with Crippen LogP contribution in [0, 0.1) is 6.92 Å². The van der Waals surface area contributed by atoms with Crippen LogP contribution < -0.4 is 0 Å². The molecule has 16 heavy (non-hydrogen) atoms. The topological polar surface area (TPSA) is 56.5 Å². The van der Waals surface area contributed by atoms with E-state index in [1.165, 1.54) is 0 Å². The van der Waals surface area contributed by atoms with E-state index >= 15 is 0 Å². The standard InChI is InChI=1S/C10H12ClN5/c1-3-4-16-9(6-12-15-16)8-5-7(2)13-10(11)14-8/h5-6H,3-4H2,1-2H3. The fraction of sp³-hybridized carbons (Fsp3) is 0.400. The number of aromatic nitrogens is 5. The smallest absolute Gasteiger partial charge is 0.223 e. The lowest BCUT2D eigenvalue weighted by Crippen LogP contribution is -2.03. The highest BCUT2D eigenvalue weighted by atomic mass is 35.5. The number of rotatable bonds is 3. The predicted octanol–water partition coefficient (Wildman–Crippen LogP) is 2.11. The molecule has 0 saturated heterocycles. The molecule has 2 aromatic heterocycles. The van der Waals surface area contributed by atoms with E-state index in [1.807, 2.05) is 17.7 Å². The molecule has 2 rings (SSSR count). The van der Waals surface area contributed by atoms with E-state index in [4.69, 9.17) is 11.6 Å². The summed E-state index contributed by atoms with van der Waals surface area (Å²) in [6, 6.07) is 1.87. The van der Waals surface area contributed by atoms with Crippen molar-refractivity contribution in [2.24, 2.45) is 0 Å². The van der Waals surface area contributed by atoms with Crippen molar-refractivity contribution in [2.45, 2.75) is 26.8 Å². The zero-order valence-corrected chi connectivity index (χ0v) is 9.94. The summed E-state index contributed by atoms with van der Waals surface area (Å²) in [7, 11) is 0. The average molecular weight is 238 g/mol. The van der Waals surface area contributed by atoms with Crippen LogP contribution in [-0.2, 0) is 6.54 Å². The third-order valence-electron chi connectivity index (χ3n) is 2.14. The Kier molecular flexibility index (Phi) is 3.14. The van der Waals surface area contributed by atoms with Gasteiger partial charge in [-0.2, -0.15) is 0 Å². The molecule has 5 nitrogen and oxygen atoms in total. The Morgan fingerprint density at radius 3 is 2.88 bits per heavy atom. The van der Waals surface area contributed by atoms with Crippen LogP contribution in [0.3, 0.4) is 0 Å². The summed E-state index contributed by atoms with van der Waals surface area (Å²) in [4.78, 5) is 8.20. The summed E-state index contributed by atoms with van der Waals surface area (Å²) in [5, 5.41) is 8.14. The van der Waals surface area contributed by atoms with Crippen LogP contribution in [0.4, 0.5) is 0 Å². The van der Waals surface area contributed by atoms with Crippen molar-refractivity contribution in [3.05, 3.63) is 23.2 Å². The SMILES string of the molecule is CCCn1nncc1-c1cc(C)nc(Cl)n1. The molecule has 0 aliphatic rings. The Labute approximate surface area is 98.5 Å². The first-order valence-electron chi connectivity index (χ1n) is 5.10. The summed E-state index contributed by atoms with van der Waals surface area (Å²) in [5.74, 6) is 0. The predicted molar refractivity (Wildman–Crippen MR) is 61.1 cm³/mol. The summed E-state index contributed by atoms with van der Waals surface area (Å²) >= 11 is 5.82. The zero-order chi connectivity index (χ0) is 11.5. The molecule has 0 aliphatic carbocycles. The van der Waals surface area contributed by atoms with E-state index in [-0.39, 0.29) is 5.28 Å². The van der Waals surface area contributed by atoms with Gasteiger partial charge < -0.3 is 0 Å². The van der Waals surface area contributed by atoms with Crippen molar-refractivity contribution >= 4 is 11.6 Å². The van der Waals surface area contributed by atoms with Crippen molar-refractivity contribution in [3.63, 3.8) is 0 Å². The van der Waals surface area contributed by atoms with E-state index < -0.39 is 0 Å². The summed E-state index contributed by atoms with van der Waals surface area (Å²) in [6.07, 6.45) is 2.68. The van der Waals surface area contributed by atoms with Gasteiger partial charge in [-0.1, -0.05) is 12.1 Å². The third-order valence-corrected chi connectivity index (χ3v) is 2.31. The number of hydrogen-bond acceptors (Lipinski definition) is 4. The maximum Gasteiger partial charge on any atom is 0.223 e. The molecule has 6 heteroatoms. The van der Waals surface area contributed by atoms with Crippen LogP contribution in [0.15, 0.2) is 12.3 Å². The van der Waals surface area contributed by atoms with Crippen LogP contribution in [0.25, 0.3) is 11.4 Å². The van der Waals surface area contributed by atoms with E-state index in [9.17, 15) is 0 Å². The van der Waals surface area contributed by atoms with Gasteiger partial charge in [-0.05, 0) is 31.0 Å². The summed E-state index contributed by atoms with van der Waals surface area (Å²) in [6.45, 7) is 4.78. The minimum atomic E-state index is 0.249. The lowest BCUT2D eigenvalue weighted by atomic mass is 10.3. The van der Waals surface area contributed by atoms with E-state index in [2.05, 4.69) is 27.2 Å². The molecule has 0 fully saturated rings. The summed E-state index contributed by atoms with van der Waals surface area (Å²) < 4.78 is 1.82. The molecule has 2 heterocycles. The van der Waals surface area contributed by atoms with Crippen LogP contribution in [-0.4, -0.2) is 25.0 Å². The molecule has 84 valence electrons. The fourth-order valence-corrected chi connectivity index (χ4v) is 1.72. The number of halogens is 1. The van der Waals surface area contributed by atoms with E-state index in [0.717, 1.165) is 30.0 Å². The van der Waals surface area contributed by atoms with Gasteiger partial charge in [-0.3, -0.25) is 0 Å². The van der Waals surface area contributed by atoms with Gasteiger partial charge in [0.15, 0.2) is 0 Å². The molecule has 0 bridgehead atoms. The van der Waals surface area contributed by atoms with Gasteiger partial charge in [0, 0.05) is 12.2 Å². The number of hydrogen-bond donors (Lipinski definition) is 0. The Hall–Kier alpha value is -1.49. The van der Waals surface area contributed by atoms with Gasteiger partial charge in [0.2, 0.25) is 5.28 Å². The second kappa shape index (κ2) is 4.57. The molecule has 0 amide bonds. The number of nitrogens with zero attached hydrogens (tertiary/aromatic N) is 5. The maximum atomic E-state index is 5.82. The lowest BCUT2D eigenvalue weighted by molar-refractivity contribution is 0.583. The molecule has 0 aromatic carbocycles. The first-order chi connectivity index (χ1) is 7.70. The van der Waals surface area contributed by atoms with Crippen molar-refractivity contribution < 1.29 is 0 Å². The van der Waals surface area contributed by atoms with Gasteiger partial charge in [-0.25, -0.2) is 14.6 Å². The fourth-order valence-electron chi connectivity index (χ4n) is 1.50. The summed E-state index contributed by atoms with van der Waals surface area (Å²) in [5.41, 5.74) is 2.46. The van der Waals surface area contributed by atoms with Crippen molar-refractivity contribution in [3.8, 4) is 11.4 Å². The normalized spacial score (nSPS) is 10.7. The van der Waals surface area contributed by atoms with Crippen molar-refractivity contribution in [1.29, 1.82) is 0 Å². The molecule has 0 spiro atoms. The number of aryl methyl sites for hydroxylation is 2. The average Bonchev–Trinajstić information content (AvgIpc) is 2.65. The first-order valence-corrected chi connectivity index (χ1v) is 5.48. The van der Waals surface area contributed by atoms with Crippen LogP contribution in [0.1, 0.15) is 19.0 Å². The highest BCUT2D eigenvalue weighted by Gasteiger charge is 2.09. The zero-order valence-electron chi connectivity index (χ0n) is 9.18. The largest absolute Gasteiger partial charge is 0.243 e. The molecule has 2 aromatic rings. The van der Waals surface area contributed by atoms with Gasteiger partial charge in [0.25, 0.3) is 0 Å². The first kappa shape index (κ1) is 11.0. The molecule has 0 aliphatic heterocycles. The second-order valence-electron chi connectivity index (χ2n) is 3.51. The van der Waals surface area contributed by atoms with Gasteiger partial charge in [0.05, 0.1) is 11.9 Å². The molecule has 0 N–H and O–H groups in total. The quantitative estimate of drug-likeness (QED) is 0.768. The lowest BCUT2D eigenvalue weighted by Gasteiger charge is -2.04.